The van der Waals surface area contributed by atoms with Crippen LogP contribution in [0, 0.1) is 5.92 Å². The highest BCUT2D eigenvalue weighted by Gasteiger charge is 2.22. The molecule has 0 spiro atoms. The molecule has 0 radical (unpaired) electrons. The van der Waals surface area contributed by atoms with E-state index in [4.69, 9.17) is 9.94 Å². The molecule has 1 N–H and O–H groups in total. The Labute approximate surface area is 60.0 Å². The first-order valence-corrected chi connectivity index (χ1v) is 3.28. The summed E-state index contributed by atoms with van der Waals surface area (Å²) >= 11 is 0. The molecule has 0 aromatic carbocycles. The lowest BCUT2D eigenvalue weighted by Crippen LogP contribution is -2.10. The van der Waals surface area contributed by atoms with Crippen molar-refractivity contribution in [2.45, 2.75) is 6.42 Å². The van der Waals surface area contributed by atoms with Crippen molar-refractivity contribution >= 4 is 5.71 Å². The Kier molecular flexibility index (Phi) is 2.45. The van der Waals surface area contributed by atoms with Crippen molar-refractivity contribution in [2.75, 3.05) is 13.2 Å². The van der Waals surface area contributed by atoms with Crippen molar-refractivity contribution in [2.24, 2.45) is 11.1 Å². The molecule has 0 aliphatic carbocycles. The molecule has 3 nitrogen and oxygen atoms in total. The van der Waals surface area contributed by atoms with Gasteiger partial charge in [0.2, 0.25) is 0 Å². The lowest BCUT2D eigenvalue weighted by molar-refractivity contribution is 0.190. The minimum Gasteiger partial charge on any atom is -0.411 e. The average Bonchev–Trinajstić information content (AvgIpc) is 2.36. The van der Waals surface area contributed by atoms with E-state index < -0.39 is 0 Å². The number of hydrogen-bond donors (Lipinski definition) is 1. The van der Waals surface area contributed by atoms with E-state index in [0.717, 1.165) is 12.1 Å². The maximum atomic E-state index is 8.44. The summed E-state index contributed by atoms with van der Waals surface area (Å²) in [5, 5.41) is 11.6. The summed E-state index contributed by atoms with van der Waals surface area (Å²) in [5.74, 6) is 0.252. The zero-order chi connectivity index (χ0) is 7.40. The van der Waals surface area contributed by atoms with Gasteiger partial charge in [-0.3, -0.25) is 0 Å². The normalized spacial score (nSPS) is 29.2. The van der Waals surface area contributed by atoms with Crippen molar-refractivity contribution in [1.29, 1.82) is 0 Å². The zero-order valence-electron chi connectivity index (χ0n) is 5.79. The molecule has 0 bridgehead atoms. The SMILES string of the molecule is C=CCC1COC/C1=N\O. The zero-order valence-corrected chi connectivity index (χ0v) is 5.79. The van der Waals surface area contributed by atoms with Gasteiger partial charge in [-0.25, -0.2) is 0 Å². The maximum absolute atomic E-state index is 8.44. The van der Waals surface area contributed by atoms with Gasteiger partial charge in [0, 0.05) is 5.92 Å². The summed E-state index contributed by atoms with van der Waals surface area (Å²) in [6.45, 7) is 4.73. The van der Waals surface area contributed by atoms with Crippen LogP contribution in [0.25, 0.3) is 0 Å². The molecule has 1 aliphatic rings. The molecule has 1 atom stereocenters. The predicted octanol–water partition coefficient (Wildman–Crippen LogP) is 1.04. The topological polar surface area (TPSA) is 41.8 Å². The number of ether oxygens (including phenoxy) is 1. The van der Waals surface area contributed by atoms with Crippen molar-refractivity contribution in [3.8, 4) is 0 Å². The van der Waals surface area contributed by atoms with Crippen LogP contribution in [0.2, 0.25) is 0 Å². The van der Waals surface area contributed by atoms with E-state index in [1.807, 2.05) is 6.08 Å². The van der Waals surface area contributed by atoms with Crippen LogP contribution in [-0.4, -0.2) is 24.1 Å². The van der Waals surface area contributed by atoms with Crippen LogP contribution in [0.5, 0.6) is 0 Å². The smallest absolute Gasteiger partial charge is 0.0886 e. The molecule has 0 aromatic heterocycles. The Morgan fingerprint density at radius 1 is 1.90 bits per heavy atom. The number of nitrogens with zero attached hydrogens (tertiary/aromatic N) is 1. The lowest BCUT2D eigenvalue weighted by atomic mass is 10.0. The molecule has 3 heteroatoms. The quantitative estimate of drug-likeness (QED) is 0.354. The lowest BCUT2D eigenvalue weighted by Gasteiger charge is -2.01. The second kappa shape index (κ2) is 3.37. The van der Waals surface area contributed by atoms with Crippen molar-refractivity contribution < 1.29 is 9.94 Å². The summed E-state index contributed by atoms with van der Waals surface area (Å²) in [6, 6.07) is 0. The van der Waals surface area contributed by atoms with Gasteiger partial charge >= 0.3 is 0 Å². The molecular weight excluding hydrogens is 130 g/mol. The third kappa shape index (κ3) is 1.36. The molecular formula is C7H11NO2. The molecule has 10 heavy (non-hydrogen) atoms. The summed E-state index contributed by atoms with van der Waals surface area (Å²) in [7, 11) is 0. The Balaban J connectivity index is 2.50. The Morgan fingerprint density at radius 2 is 2.70 bits per heavy atom. The van der Waals surface area contributed by atoms with Crippen LogP contribution in [0.4, 0.5) is 0 Å². The molecule has 0 amide bonds. The number of oxime groups is 1. The largest absolute Gasteiger partial charge is 0.411 e. The van der Waals surface area contributed by atoms with Crippen LogP contribution in [-0.2, 0) is 4.74 Å². The summed E-state index contributed by atoms with van der Waals surface area (Å²) in [6.07, 6.45) is 2.64. The van der Waals surface area contributed by atoms with Crippen molar-refractivity contribution in [3.63, 3.8) is 0 Å². The Bertz CT molecular complexity index is 154. The van der Waals surface area contributed by atoms with Gasteiger partial charge in [0.1, 0.15) is 0 Å². The molecule has 1 aliphatic heterocycles. The van der Waals surface area contributed by atoms with E-state index in [0.29, 0.717) is 13.2 Å². The minimum atomic E-state index is 0.252. The third-order valence-electron chi connectivity index (χ3n) is 1.62. The highest BCUT2D eigenvalue weighted by molar-refractivity contribution is 5.89. The second-order valence-electron chi connectivity index (χ2n) is 2.33. The van der Waals surface area contributed by atoms with Crippen LogP contribution in [0.15, 0.2) is 17.8 Å². The Hall–Kier alpha value is -0.830. The van der Waals surface area contributed by atoms with Gasteiger partial charge in [0.25, 0.3) is 0 Å². The highest BCUT2D eigenvalue weighted by Crippen LogP contribution is 2.13. The van der Waals surface area contributed by atoms with Gasteiger partial charge in [0.05, 0.1) is 18.9 Å². The molecule has 0 saturated carbocycles. The molecule has 1 rings (SSSR count). The van der Waals surface area contributed by atoms with E-state index >= 15 is 0 Å². The fourth-order valence-corrected chi connectivity index (χ4v) is 1.04. The number of allylic oxidation sites excluding steroid dienone is 1. The molecule has 56 valence electrons. The predicted molar refractivity (Wildman–Crippen MR) is 38.3 cm³/mol. The van der Waals surface area contributed by atoms with E-state index in [2.05, 4.69) is 11.7 Å². The van der Waals surface area contributed by atoms with Gasteiger partial charge in [0.15, 0.2) is 0 Å². The first-order chi connectivity index (χ1) is 4.88. The Morgan fingerprint density at radius 3 is 3.30 bits per heavy atom. The summed E-state index contributed by atoms with van der Waals surface area (Å²) in [5.41, 5.74) is 0.736. The average molecular weight is 141 g/mol. The fourth-order valence-electron chi connectivity index (χ4n) is 1.04. The van der Waals surface area contributed by atoms with Crippen LogP contribution in [0.3, 0.4) is 0 Å². The second-order valence-corrected chi connectivity index (χ2v) is 2.33. The molecule has 1 fully saturated rings. The third-order valence-corrected chi connectivity index (χ3v) is 1.62. The van der Waals surface area contributed by atoms with Crippen molar-refractivity contribution in [1.82, 2.24) is 0 Å². The van der Waals surface area contributed by atoms with Gasteiger partial charge in [-0.15, -0.1) is 6.58 Å². The van der Waals surface area contributed by atoms with E-state index in [1.165, 1.54) is 0 Å². The van der Waals surface area contributed by atoms with Gasteiger partial charge in [-0.1, -0.05) is 11.2 Å². The van der Waals surface area contributed by atoms with Crippen LogP contribution >= 0.6 is 0 Å². The van der Waals surface area contributed by atoms with Gasteiger partial charge in [-0.2, -0.15) is 0 Å². The van der Waals surface area contributed by atoms with Crippen molar-refractivity contribution in [3.05, 3.63) is 12.7 Å². The first-order valence-electron chi connectivity index (χ1n) is 3.28. The van der Waals surface area contributed by atoms with E-state index in [1.54, 1.807) is 0 Å². The number of rotatable bonds is 2. The first kappa shape index (κ1) is 7.28. The molecule has 1 heterocycles. The molecule has 0 aromatic rings. The fraction of sp³-hybridized carbons (Fsp3) is 0.571. The maximum Gasteiger partial charge on any atom is 0.0886 e. The van der Waals surface area contributed by atoms with Crippen LogP contribution < -0.4 is 0 Å². The standard InChI is InChI=1S/C7H11NO2/c1-2-3-6-4-10-5-7(6)8-9/h2,6,9H,1,3-5H2/b8-7+. The minimum absolute atomic E-state index is 0.252. The molecule has 1 unspecified atom stereocenters. The summed E-state index contributed by atoms with van der Waals surface area (Å²) < 4.78 is 5.07. The summed E-state index contributed by atoms with van der Waals surface area (Å²) in [4.78, 5) is 0. The molecule has 1 saturated heterocycles. The monoisotopic (exact) mass is 141 g/mol. The van der Waals surface area contributed by atoms with Gasteiger partial charge in [-0.05, 0) is 6.42 Å². The van der Waals surface area contributed by atoms with Crippen LogP contribution in [0.1, 0.15) is 6.42 Å². The van der Waals surface area contributed by atoms with Gasteiger partial charge < -0.3 is 9.94 Å². The highest BCUT2D eigenvalue weighted by atomic mass is 16.5. The number of hydrogen-bond acceptors (Lipinski definition) is 3. The van der Waals surface area contributed by atoms with E-state index in [-0.39, 0.29) is 5.92 Å². The van der Waals surface area contributed by atoms with E-state index in [9.17, 15) is 0 Å².